The van der Waals surface area contributed by atoms with Gasteiger partial charge in [0, 0.05) is 32.9 Å². The Bertz CT molecular complexity index is 3130. The first-order valence-electron chi connectivity index (χ1n) is 19.5. The van der Waals surface area contributed by atoms with Crippen molar-refractivity contribution in [1.29, 1.82) is 0 Å². The standard InChI is InChI=1S/C54H36N2O/c1-54(39-17-6-3-7-18-39)47-25-12-10-20-41(47)44-23-14-24-45(52(44)54)49-34-48(55-53(56-49)37-15-4-2-5-16-37)42-21-9-8-19-40(42)36-29-27-35(28-30-36)38-31-32-51-46(33-38)43-22-11-13-26-50(43)57-51/h2-34H,1H3. The normalized spacial score (nSPS) is 14.5. The molecule has 1 unspecified atom stereocenters. The molecule has 10 aromatic rings. The molecule has 0 radical (unpaired) electrons. The van der Waals surface area contributed by atoms with E-state index >= 15 is 0 Å². The van der Waals surface area contributed by atoms with Crippen molar-refractivity contribution in [3.63, 3.8) is 0 Å². The molecule has 0 N–H and O–H groups in total. The van der Waals surface area contributed by atoms with E-state index in [2.05, 4.69) is 189 Å². The molecule has 0 fully saturated rings. The van der Waals surface area contributed by atoms with Crippen LogP contribution in [0.1, 0.15) is 23.6 Å². The molecular formula is C54H36N2O. The molecule has 1 atom stereocenters. The molecule has 0 spiro atoms. The van der Waals surface area contributed by atoms with E-state index in [1.54, 1.807) is 0 Å². The second-order valence-corrected chi connectivity index (χ2v) is 15.0. The first kappa shape index (κ1) is 33.0. The molecular weight excluding hydrogens is 693 g/mol. The van der Waals surface area contributed by atoms with Crippen LogP contribution in [0.2, 0.25) is 0 Å². The van der Waals surface area contributed by atoms with Gasteiger partial charge in [0.05, 0.1) is 11.4 Å². The maximum absolute atomic E-state index is 6.11. The summed E-state index contributed by atoms with van der Waals surface area (Å²) in [4.78, 5) is 10.7. The van der Waals surface area contributed by atoms with Gasteiger partial charge in [-0.15, -0.1) is 0 Å². The fourth-order valence-electron chi connectivity index (χ4n) is 9.03. The number of nitrogens with zero attached hydrogens (tertiary/aromatic N) is 2. The summed E-state index contributed by atoms with van der Waals surface area (Å²) in [6.07, 6.45) is 0. The average molecular weight is 729 g/mol. The number of rotatable bonds is 6. The zero-order valence-electron chi connectivity index (χ0n) is 31.4. The van der Waals surface area contributed by atoms with Gasteiger partial charge in [0.1, 0.15) is 11.2 Å². The van der Waals surface area contributed by atoms with Crippen molar-refractivity contribution in [2.45, 2.75) is 12.3 Å². The van der Waals surface area contributed by atoms with Gasteiger partial charge >= 0.3 is 0 Å². The van der Waals surface area contributed by atoms with Crippen LogP contribution in [0.5, 0.6) is 0 Å². The minimum atomic E-state index is -0.378. The van der Waals surface area contributed by atoms with Gasteiger partial charge in [-0.25, -0.2) is 9.97 Å². The minimum Gasteiger partial charge on any atom is -0.456 e. The Labute approximate surface area is 331 Å². The summed E-state index contributed by atoms with van der Waals surface area (Å²) < 4.78 is 6.11. The van der Waals surface area contributed by atoms with Crippen LogP contribution in [0.4, 0.5) is 0 Å². The smallest absolute Gasteiger partial charge is 0.160 e. The monoisotopic (exact) mass is 728 g/mol. The molecule has 1 aliphatic rings. The molecule has 0 saturated carbocycles. The maximum Gasteiger partial charge on any atom is 0.160 e. The average Bonchev–Trinajstić information content (AvgIpc) is 3.80. The molecule has 3 nitrogen and oxygen atoms in total. The zero-order valence-corrected chi connectivity index (χ0v) is 31.4. The Hall–Kier alpha value is -7.36. The molecule has 3 heteroatoms. The molecule has 2 heterocycles. The van der Waals surface area contributed by atoms with Gasteiger partial charge in [-0.05, 0) is 81.3 Å². The summed E-state index contributed by atoms with van der Waals surface area (Å²) in [6, 6.07) is 71.1. The van der Waals surface area contributed by atoms with Crippen LogP contribution >= 0.6 is 0 Å². The summed E-state index contributed by atoms with van der Waals surface area (Å²) in [6.45, 7) is 2.37. The third-order valence-corrected chi connectivity index (χ3v) is 11.8. The van der Waals surface area contributed by atoms with E-state index < -0.39 is 0 Å². The van der Waals surface area contributed by atoms with E-state index in [4.69, 9.17) is 14.4 Å². The Morgan fingerprint density at radius 1 is 0.386 bits per heavy atom. The molecule has 57 heavy (non-hydrogen) atoms. The largest absolute Gasteiger partial charge is 0.456 e. The van der Waals surface area contributed by atoms with Gasteiger partial charge < -0.3 is 4.42 Å². The fourth-order valence-corrected chi connectivity index (χ4v) is 9.03. The van der Waals surface area contributed by atoms with E-state index in [0.29, 0.717) is 5.82 Å². The Morgan fingerprint density at radius 3 is 1.77 bits per heavy atom. The van der Waals surface area contributed by atoms with Gasteiger partial charge in [-0.2, -0.15) is 0 Å². The maximum atomic E-state index is 6.11. The first-order chi connectivity index (χ1) is 28.1. The third kappa shape index (κ3) is 5.35. The summed E-state index contributed by atoms with van der Waals surface area (Å²) in [5.74, 6) is 0.699. The number of furan rings is 1. The highest BCUT2D eigenvalue weighted by atomic mass is 16.3. The van der Waals surface area contributed by atoms with Crippen LogP contribution in [-0.2, 0) is 5.41 Å². The number of aromatic nitrogens is 2. The Kier molecular flexibility index (Phi) is 7.61. The zero-order chi connectivity index (χ0) is 37.9. The Balaban J connectivity index is 1.06. The van der Waals surface area contributed by atoms with Crippen LogP contribution in [0, 0.1) is 0 Å². The second-order valence-electron chi connectivity index (χ2n) is 15.0. The van der Waals surface area contributed by atoms with Gasteiger partial charge in [-0.1, -0.05) is 176 Å². The lowest BCUT2D eigenvalue weighted by Crippen LogP contribution is -2.23. The lowest BCUT2D eigenvalue weighted by molar-refractivity contribution is 0.669. The lowest BCUT2D eigenvalue weighted by atomic mass is 9.72. The first-order valence-corrected chi connectivity index (χ1v) is 19.5. The number of hydrogen-bond acceptors (Lipinski definition) is 3. The van der Waals surface area contributed by atoms with Gasteiger partial charge in [0.25, 0.3) is 0 Å². The van der Waals surface area contributed by atoms with Crippen molar-refractivity contribution in [3.05, 3.63) is 217 Å². The topological polar surface area (TPSA) is 38.9 Å². The molecule has 0 bridgehead atoms. The molecule has 0 amide bonds. The summed E-state index contributed by atoms with van der Waals surface area (Å²) in [5.41, 5.74) is 17.3. The molecule has 11 rings (SSSR count). The van der Waals surface area contributed by atoms with E-state index in [0.717, 1.165) is 72.3 Å². The van der Waals surface area contributed by atoms with Gasteiger partial charge in [0.15, 0.2) is 5.82 Å². The van der Waals surface area contributed by atoms with Crippen LogP contribution in [0.3, 0.4) is 0 Å². The van der Waals surface area contributed by atoms with Crippen LogP contribution in [0.15, 0.2) is 205 Å². The highest BCUT2D eigenvalue weighted by Crippen LogP contribution is 2.55. The molecule has 1 aliphatic carbocycles. The number of hydrogen-bond donors (Lipinski definition) is 0. The van der Waals surface area contributed by atoms with Gasteiger partial charge in [-0.3, -0.25) is 0 Å². The van der Waals surface area contributed by atoms with E-state index in [-0.39, 0.29) is 5.41 Å². The summed E-state index contributed by atoms with van der Waals surface area (Å²) in [5, 5.41) is 2.26. The quantitative estimate of drug-likeness (QED) is 0.171. The minimum absolute atomic E-state index is 0.378. The van der Waals surface area contributed by atoms with E-state index in [9.17, 15) is 0 Å². The predicted molar refractivity (Wildman–Crippen MR) is 234 cm³/mol. The highest BCUT2D eigenvalue weighted by Gasteiger charge is 2.42. The summed E-state index contributed by atoms with van der Waals surface area (Å²) in [7, 11) is 0. The van der Waals surface area contributed by atoms with Crippen molar-refractivity contribution in [3.8, 4) is 67.3 Å². The molecule has 0 saturated heterocycles. The van der Waals surface area contributed by atoms with E-state index in [1.807, 2.05) is 18.2 Å². The van der Waals surface area contributed by atoms with Crippen molar-refractivity contribution in [2.75, 3.05) is 0 Å². The summed E-state index contributed by atoms with van der Waals surface area (Å²) >= 11 is 0. The van der Waals surface area contributed by atoms with Crippen molar-refractivity contribution in [1.82, 2.24) is 9.97 Å². The molecule has 268 valence electrons. The van der Waals surface area contributed by atoms with Crippen LogP contribution in [0.25, 0.3) is 89.2 Å². The third-order valence-electron chi connectivity index (χ3n) is 11.8. The highest BCUT2D eigenvalue weighted by molar-refractivity contribution is 6.06. The van der Waals surface area contributed by atoms with Crippen molar-refractivity contribution < 1.29 is 4.42 Å². The second kappa shape index (κ2) is 13.1. The Morgan fingerprint density at radius 2 is 0.965 bits per heavy atom. The molecule has 0 aliphatic heterocycles. The van der Waals surface area contributed by atoms with Crippen LogP contribution < -0.4 is 0 Å². The molecule has 8 aromatic carbocycles. The number of fused-ring (bicyclic) bond motifs is 6. The fraction of sp³-hybridized carbons (Fsp3) is 0.0370. The van der Waals surface area contributed by atoms with Crippen molar-refractivity contribution >= 4 is 21.9 Å². The number of para-hydroxylation sites is 1. The van der Waals surface area contributed by atoms with E-state index in [1.165, 1.54) is 27.8 Å². The van der Waals surface area contributed by atoms with Crippen LogP contribution in [-0.4, -0.2) is 9.97 Å². The van der Waals surface area contributed by atoms with Gasteiger partial charge in [0.2, 0.25) is 0 Å². The lowest BCUT2D eigenvalue weighted by Gasteiger charge is -2.30. The number of benzene rings is 8. The van der Waals surface area contributed by atoms with Crippen molar-refractivity contribution in [2.24, 2.45) is 0 Å². The SMILES string of the molecule is CC1(c2ccccc2)c2ccccc2-c2cccc(-c3cc(-c4ccccc4-c4ccc(-c5ccc6oc7ccccc7c6c5)cc4)nc(-c4ccccc4)n3)c21. The molecule has 2 aromatic heterocycles. The predicted octanol–water partition coefficient (Wildman–Crippen LogP) is 14.0.